The predicted molar refractivity (Wildman–Crippen MR) is 109 cm³/mol. The summed E-state index contributed by atoms with van der Waals surface area (Å²) < 4.78 is 34.7. The molecule has 0 saturated heterocycles. The lowest BCUT2D eigenvalue weighted by Gasteiger charge is -2.30. The number of anilines is 1. The predicted octanol–water partition coefficient (Wildman–Crippen LogP) is 4.68. The maximum Gasteiger partial charge on any atom is 0.247 e. The lowest BCUT2D eigenvalue weighted by Crippen LogP contribution is -2.36. The minimum Gasteiger partial charge on any atom is -0.447 e. The van der Waals surface area contributed by atoms with Gasteiger partial charge in [-0.2, -0.15) is 4.98 Å². The van der Waals surface area contributed by atoms with Crippen LogP contribution >= 0.6 is 11.8 Å². The lowest BCUT2D eigenvalue weighted by molar-refractivity contribution is -0.118. The van der Waals surface area contributed by atoms with Crippen molar-refractivity contribution in [2.24, 2.45) is 0 Å². The van der Waals surface area contributed by atoms with Gasteiger partial charge in [0.25, 0.3) is 0 Å². The number of thioether (sulfide) groups is 1. The van der Waals surface area contributed by atoms with Gasteiger partial charge in [-0.1, -0.05) is 30.3 Å². The molecule has 6 nitrogen and oxygen atoms in total. The number of hydrogen-bond acceptors (Lipinski definition) is 6. The summed E-state index contributed by atoms with van der Waals surface area (Å²) in [5, 5.41) is 8.80. The molecule has 30 heavy (non-hydrogen) atoms. The zero-order chi connectivity index (χ0) is 21.4. The number of ether oxygens (including phenoxy) is 1. The van der Waals surface area contributed by atoms with Crippen LogP contribution in [-0.2, 0) is 4.79 Å². The molecular formula is C21H18F2N4O2S. The van der Waals surface area contributed by atoms with Crippen LogP contribution in [0.1, 0.15) is 31.2 Å². The second-order valence-electron chi connectivity index (χ2n) is 6.73. The Labute approximate surface area is 176 Å². The lowest BCUT2D eigenvalue weighted by atomic mass is 10.0. The Hall–Kier alpha value is -3.07. The van der Waals surface area contributed by atoms with E-state index in [1.807, 2.05) is 26.0 Å². The molecule has 1 atom stereocenters. The highest BCUT2D eigenvalue weighted by atomic mass is 32.2. The number of benzene rings is 2. The van der Waals surface area contributed by atoms with E-state index in [0.29, 0.717) is 22.1 Å². The zero-order valence-corrected chi connectivity index (χ0v) is 17.3. The number of aromatic nitrogens is 3. The Morgan fingerprint density at radius 2 is 2.00 bits per heavy atom. The summed E-state index contributed by atoms with van der Waals surface area (Å²) in [4.78, 5) is 18.4. The van der Waals surface area contributed by atoms with Crippen molar-refractivity contribution in [1.29, 1.82) is 0 Å². The molecule has 0 radical (unpaired) electrons. The van der Waals surface area contributed by atoms with Crippen LogP contribution in [0.4, 0.5) is 14.5 Å². The average Bonchev–Trinajstić information content (AvgIpc) is 2.84. The first kappa shape index (κ1) is 20.2. The van der Waals surface area contributed by atoms with Gasteiger partial charge in [0.15, 0.2) is 5.69 Å². The van der Waals surface area contributed by atoms with Gasteiger partial charge in [-0.15, -0.1) is 10.2 Å². The first-order chi connectivity index (χ1) is 14.4. The van der Waals surface area contributed by atoms with E-state index in [9.17, 15) is 13.6 Å². The summed E-state index contributed by atoms with van der Waals surface area (Å²) >= 11 is 1.37. The summed E-state index contributed by atoms with van der Waals surface area (Å²) in [5.74, 6) is -0.925. The molecule has 1 aromatic heterocycles. The summed E-state index contributed by atoms with van der Waals surface area (Å²) in [7, 11) is 0. The van der Waals surface area contributed by atoms with Crippen LogP contribution in [0.3, 0.4) is 0 Å². The highest BCUT2D eigenvalue weighted by Crippen LogP contribution is 2.44. The van der Waals surface area contributed by atoms with Gasteiger partial charge in [0, 0.05) is 12.5 Å². The summed E-state index contributed by atoms with van der Waals surface area (Å²) in [6.07, 6.45) is -1.27. The molecule has 4 rings (SSSR count). The fourth-order valence-electron chi connectivity index (χ4n) is 3.31. The summed E-state index contributed by atoms with van der Waals surface area (Å²) in [6.45, 7) is 5.18. The molecule has 3 aromatic rings. The largest absolute Gasteiger partial charge is 0.447 e. The number of carbonyl (C=O) groups is 1. The Balaban J connectivity index is 2.00. The molecule has 0 bridgehead atoms. The van der Waals surface area contributed by atoms with Crippen molar-refractivity contribution >= 4 is 23.4 Å². The molecule has 1 aliphatic heterocycles. The molecule has 0 fully saturated rings. The second kappa shape index (κ2) is 7.98. The minimum atomic E-state index is -1.27. The smallest absolute Gasteiger partial charge is 0.247 e. The third-order valence-electron chi connectivity index (χ3n) is 4.60. The molecule has 9 heteroatoms. The van der Waals surface area contributed by atoms with E-state index in [4.69, 9.17) is 4.74 Å². The van der Waals surface area contributed by atoms with Crippen molar-refractivity contribution in [2.75, 3.05) is 10.7 Å². The van der Waals surface area contributed by atoms with E-state index in [2.05, 4.69) is 15.2 Å². The van der Waals surface area contributed by atoms with E-state index >= 15 is 0 Å². The number of aryl methyl sites for hydroxylation is 1. The number of nitrogens with zero attached hydrogens (tertiary/aromatic N) is 4. The van der Waals surface area contributed by atoms with Gasteiger partial charge in [-0.05, 0) is 43.0 Å². The van der Waals surface area contributed by atoms with Gasteiger partial charge in [0.2, 0.25) is 23.2 Å². The number of carbonyl (C=O) groups excluding carboxylic acids is 1. The standard InChI is InChI=1S/C21H18F2N4O2S/c1-4-30-21-24-19-18(25-26-21)15-9-11(2)5-8-17(15)27(12(3)28)20(29-19)14-10-13(22)6-7-16(14)23/h5-10,20H,4H2,1-3H3/t20-/m0/s1. The molecule has 154 valence electrons. The van der Waals surface area contributed by atoms with Gasteiger partial charge >= 0.3 is 0 Å². The third-order valence-corrected chi connectivity index (χ3v) is 5.32. The van der Waals surface area contributed by atoms with E-state index in [1.54, 1.807) is 6.07 Å². The molecule has 0 N–H and O–H groups in total. The van der Waals surface area contributed by atoms with Crippen molar-refractivity contribution < 1.29 is 18.3 Å². The molecule has 0 aliphatic carbocycles. The van der Waals surface area contributed by atoms with Crippen LogP contribution in [0.2, 0.25) is 0 Å². The maximum absolute atomic E-state index is 14.7. The van der Waals surface area contributed by atoms with Crippen molar-refractivity contribution in [3.63, 3.8) is 0 Å². The topological polar surface area (TPSA) is 68.2 Å². The Kier molecular flexibility index (Phi) is 5.38. The van der Waals surface area contributed by atoms with Gasteiger partial charge in [-0.25, -0.2) is 8.78 Å². The Bertz CT molecular complexity index is 1140. The summed E-state index contributed by atoms with van der Waals surface area (Å²) in [6, 6.07) is 8.42. The molecule has 1 amide bonds. The molecular weight excluding hydrogens is 410 g/mol. The van der Waals surface area contributed by atoms with Crippen molar-refractivity contribution in [3.05, 3.63) is 59.2 Å². The van der Waals surface area contributed by atoms with Gasteiger partial charge in [-0.3, -0.25) is 9.69 Å². The number of hydrogen-bond donors (Lipinski definition) is 0. The van der Waals surface area contributed by atoms with E-state index in [1.165, 1.54) is 23.6 Å². The molecule has 2 aromatic carbocycles. The average molecular weight is 428 g/mol. The highest BCUT2D eigenvalue weighted by molar-refractivity contribution is 7.99. The van der Waals surface area contributed by atoms with E-state index in [-0.39, 0.29) is 11.4 Å². The van der Waals surface area contributed by atoms with Crippen LogP contribution in [0.15, 0.2) is 41.6 Å². The van der Waals surface area contributed by atoms with Crippen LogP contribution < -0.4 is 9.64 Å². The highest BCUT2D eigenvalue weighted by Gasteiger charge is 2.36. The van der Waals surface area contributed by atoms with Crippen LogP contribution in [0.25, 0.3) is 11.3 Å². The van der Waals surface area contributed by atoms with Crippen LogP contribution in [-0.4, -0.2) is 26.8 Å². The van der Waals surface area contributed by atoms with Crippen molar-refractivity contribution in [2.45, 2.75) is 32.2 Å². The molecule has 2 heterocycles. The molecule has 1 aliphatic rings. The zero-order valence-electron chi connectivity index (χ0n) is 16.5. The Morgan fingerprint density at radius 1 is 1.20 bits per heavy atom. The quantitative estimate of drug-likeness (QED) is 0.564. The Morgan fingerprint density at radius 3 is 2.73 bits per heavy atom. The normalized spacial score (nSPS) is 15.1. The second-order valence-corrected chi connectivity index (χ2v) is 7.96. The number of halogens is 2. The van der Waals surface area contributed by atoms with Crippen LogP contribution in [0.5, 0.6) is 5.88 Å². The first-order valence-corrected chi connectivity index (χ1v) is 10.3. The first-order valence-electron chi connectivity index (χ1n) is 9.29. The van der Waals surface area contributed by atoms with Gasteiger partial charge < -0.3 is 4.74 Å². The third kappa shape index (κ3) is 3.60. The van der Waals surface area contributed by atoms with Crippen molar-refractivity contribution in [1.82, 2.24) is 15.2 Å². The minimum absolute atomic E-state index is 0.102. The van der Waals surface area contributed by atoms with Gasteiger partial charge in [0.1, 0.15) is 11.6 Å². The number of rotatable bonds is 3. The molecule has 0 saturated carbocycles. The van der Waals surface area contributed by atoms with Crippen LogP contribution in [0, 0.1) is 18.6 Å². The van der Waals surface area contributed by atoms with E-state index < -0.39 is 23.8 Å². The number of amides is 1. The monoisotopic (exact) mass is 428 g/mol. The van der Waals surface area contributed by atoms with Gasteiger partial charge in [0.05, 0.1) is 11.3 Å². The molecule has 0 unspecified atom stereocenters. The SMILES string of the molecule is CCSc1nnc2c(n1)O[C@@H](c1cc(F)ccc1F)N(C(C)=O)c1ccc(C)cc1-2. The van der Waals surface area contributed by atoms with E-state index in [0.717, 1.165) is 29.5 Å². The fraction of sp³-hybridized carbons (Fsp3) is 0.238. The maximum atomic E-state index is 14.7. The number of fused-ring (bicyclic) bond motifs is 3. The summed E-state index contributed by atoms with van der Waals surface area (Å²) in [5.41, 5.74) is 2.17. The molecule has 0 spiro atoms. The van der Waals surface area contributed by atoms with Crippen molar-refractivity contribution in [3.8, 4) is 17.1 Å². The fourth-order valence-corrected chi connectivity index (χ4v) is 3.82.